The number of fused-ring (bicyclic) bond motifs is 1. The Kier molecular flexibility index (Phi) is 5.31. The first-order valence-electron chi connectivity index (χ1n) is 9.56. The molecule has 2 aromatic heterocycles. The fraction of sp³-hybridized carbons (Fsp3) is 0.400. The molecule has 1 fully saturated rings. The molecule has 0 radical (unpaired) electrons. The van der Waals surface area contributed by atoms with Crippen LogP contribution in [0, 0.1) is 17.5 Å². The second-order valence-electron chi connectivity index (χ2n) is 7.38. The van der Waals surface area contributed by atoms with Crippen LogP contribution in [0.4, 0.5) is 30.6 Å². The Labute approximate surface area is 166 Å². The van der Waals surface area contributed by atoms with Gasteiger partial charge in [0.05, 0.1) is 11.7 Å². The van der Waals surface area contributed by atoms with Crippen LogP contribution in [0.25, 0.3) is 11.0 Å². The quantitative estimate of drug-likeness (QED) is 0.641. The van der Waals surface area contributed by atoms with Gasteiger partial charge in [0.25, 0.3) is 0 Å². The van der Waals surface area contributed by atoms with Gasteiger partial charge in [-0.2, -0.15) is 0 Å². The number of hydrogen-bond acceptors (Lipinski definition) is 5. The SMILES string of the molecule is CC(C)Nc1cc2c(cn1)nc(Nc1c(F)cc(F)cc1F)n2C1CCOCC1. The van der Waals surface area contributed by atoms with Crippen LogP contribution in [0.1, 0.15) is 32.7 Å². The molecule has 3 aromatic rings. The van der Waals surface area contributed by atoms with Crippen molar-refractivity contribution in [1.82, 2.24) is 14.5 Å². The van der Waals surface area contributed by atoms with Crippen LogP contribution in [0.3, 0.4) is 0 Å². The normalized spacial score (nSPS) is 15.2. The minimum Gasteiger partial charge on any atom is -0.381 e. The molecule has 4 rings (SSSR count). The highest BCUT2D eigenvalue weighted by Crippen LogP contribution is 2.33. The zero-order valence-electron chi connectivity index (χ0n) is 16.2. The largest absolute Gasteiger partial charge is 0.381 e. The number of aromatic nitrogens is 3. The van der Waals surface area contributed by atoms with E-state index in [9.17, 15) is 13.2 Å². The van der Waals surface area contributed by atoms with E-state index in [0.29, 0.717) is 36.7 Å². The summed E-state index contributed by atoms with van der Waals surface area (Å²) in [6, 6.07) is 3.38. The molecule has 0 unspecified atom stereocenters. The lowest BCUT2D eigenvalue weighted by atomic mass is 10.1. The van der Waals surface area contributed by atoms with E-state index >= 15 is 0 Å². The maximum atomic E-state index is 14.2. The zero-order chi connectivity index (χ0) is 20.5. The third-order valence-electron chi connectivity index (χ3n) is 4.81. The van der Waals surface area contributed by atoms with Gasteiger partial charge in [-0.1, -0.05) is 0 Å². The molecule has 154 valence electrons. The Morgan fingerprint density at radius 2 is 1.79 bits per heavy atom. The third-order valence-corrected chi connectivity index (χ3v) is 4.81. The third kappa shape index (κ3) is 4.00. The first-order chi connectivity index (χ1) is 13.9. The van der Waals surface area contributed by atoms with E-state index in [4.69, 9.17) is 4.74 Å². The summed E-state index contributed by atoms with van der Waals surface area (Å²) in [6.45, 7) is 5.19. The van der Waals surface area contributed by atoms with Crippen molar-refractivity contribution in [2.45, 2.75) is 38.8 Å². The van der Waals surface area contributed by atoms with Crippen molar-refractivity contribution in [3.63, 3.8) is 0 Å². The summed E-state index contributed by atoms with van der Waals surface area (Å²) in [6.07, 6.45) is 3.10. The van der Waals surface area contributed by atoms with Gasteiger partial charge in [-0.15, -0.1) is 0 Å². The highest BCUT2D eigenvalue weighted by Gasteiger charge is 2.24. The van der Waals surface area contributed by atoms with Gasteiger partial charge in [0.15, 0.2) is 11.6 Å². The van der Waals surface area contributed by atoms with Crippen molar-refractivity contribution >= 4 is 28.5 Å². The van der Waals surface area contributed by atoms with E-state index in [-0.39, 0.29) is 18.0 Å². The molecule has 0 saturated carbocycles. The maximum absolute atomic E-state index is 14.2. The van der Waals surface area contributed by atoms with Gasteiger partial charge in [-0.05, 0) is 26.7 Å². The Balaban J connectivity index is 1.82. The molecule has 0 spiro atoms. The van der Waals surface area contributed by atoms with Gasteiger partial charge in [-0.3, -0.25) is 0 Å². The minimum atomic E-state index is -1.02. The van der Waals surface area contributed by atoms with E-state index in [1.54, 1.807) is 6.20 Å². The van der Waals surface area contributed by atoms with Gasteiger partial charge >= 0.3 is 0 Å². The summed E-state index contributed by atoms with van der Waals surface area (Å²) in [5.41, 5.74) is 0.945. The highest BCUT2D eigenvalue weighted by molar-refractivity contribution is 5.81. The van der Waals surface area contributed by atoms with Crippen molar-refractivity contribution in [2.24, 2.45) is 0 Å². The predicted octanol–water partition coefficient (Wildman–Crippen LogP) is 4.76. The summed E-state index contributed by atoms with van der Waals surface area (Å²) in [7, 11) is 0. The molecule has 0 aliphatic carbocycles. The van der Waals surface area contributed by atoms with Crippen molar-refractivity contribution in [1.29, 1.82) is 0 Å². The number of ether oxygens (including phenoxy) is 1. The molecule has 0 bridgehead atoms. The van der Waals surface area contributed by atoms with Gasteiger partial charge in [0.1, 0.15) is 22.8 Å². The van der Waals surface area contributed by atoms with Gasteiger partial charge < -0.3 is 19.9 Å². The molecule has 1 saturated heterocycles. The van der Waals surface area contributed by atoms with Crippen LogP contribution in [0.2, 0.25) is 0 Å². The molecule has 3 heterocycles. The van der Waals surface area contributed by atoms with E-state index in [1.165, 1.54) is 0 Å². The number of anilines is 3. The Morgan fingerprint density at radius 1 is 1.10 bits per heavy atom. The Bertz CT molecular complexity index is 1010. The molecule has 0 amide bonds. The first kappa shape index (κ1) is 19.5. The molecule has 29 heavy (non-hydrogen) atoms. The zero-order valence-corrected chi connectivity index (χ0v) is 16.2. The van der Waals surface area contributed by atoms with Crippen molar-refractivity contribution in [3.05, 3.63) is 41.8 Å². The molecular formula is C20H22F3N5O. The second kappa shape index (κ2) is 7.90. The summed E-state index contributed by atoms with van der Waals surface area (Å²) in [4.78, 5) is 8.86. The molecule has 1 aliphatic heterocycles. The van der Waals surface area contributed by atoms with Crippen molar-refractivity contribution in [3.8, 4) is 0 Å². The average Bonchev–Trinajstić information content (AvgIpc) is 3.02. The number of nitrogens with one attached hydrogen (secondary N) is 2. The fourth-order valence-corrected chi connectivity index (χ4v) is 3.55. The van der Waals surface area contributed by atoms with Gasteiger partial charge in [0, 0.05) is 43.5 Å². The van der Waals surface area contributed by atoms with Crippen LogP contribution in [0.5, 0.6) is 0 Å². The summed E-state index contributed by atoms with van der Waals surface area (Å²) in [5, 5.41) is 5.98. The van der Waals surface area contributed by atoms with Gasteiger partial charge in [-0.25, -0.2) is 23.1 Å². The lowest BCUT2D eigenvalue weighted by Crippen LogP contribution is -2.21. The molecule has 2 N–H and O–H groups in total. The number of nitrogens with zero attached hydrogens (tertiary/aromatic N) is 3. The number of hydrogen-bond donors (Lipinski definition) is 2. The first-order valence-corrected chi connectivity index (χ1v) is 9.56. The average molecular weight is 405 g/mol. The van der Waals surface area contributed by atoms with E-state index in [1.807, 2.05) is 24.5 Å². The van der Waals surface area contributed by atoms with Crippen LogP contribution >= 0.6 is 0 Å². The predicted molar refractivity (Wildman–Crippen MR) is 105 cm³/mol. The molecular weight excluding hydrogens is 383 g/mol. The Morgan fingerprint density at radius 3 is 2.45 bits per heavy atom. The van der Waals surface area contributed by atoms with Crippen LogP contribution < -0.4 is 10.6 Å². The van der Waals surface area contributed by atoms with Crippen LogP contribution in [-0.2, 0) is 4.74 Å². The fourth-order valence-electron chi connectivity index (χ4n) is 3.55. The van der Waals surface area contributed by atoms with E-state index < -0.39 is 23.1 Å². The van der Waals surface area contributed by atoms with Crippen LogP contribution in [0.15, 0.2) is 24.4 Å². The molecule has 1 aromatic carbocycles. The topological polar surface area (TPSA) is 64.0 Å². The summed E-state index contributed by atoms with van der Waals surface area (Å²) in [5.74, 6) is -2.05. The summed E-state index contributed by atoms with van der Waals surface area (Å²) >= 11 is 0. The van der Waals surface area contributed by atoms with E-state index in [0.717, 1.165) is 18.4 Å². The Hall–Kier alpha value is -2.81. The highest BCUT2D eigenvalue weighted by atomic mass is 19.1. The number of pyridine rings is 1. The van der Waals surface area contributed by atoms with Crippen molar-refractivity contribution < 1.29 is 17.9 Å². The second-order valence-corrected chi connectivity index (χ2v) is 7.38. The molecule has 0 atom stereocenters. The standard InChI is InChI=1S/C20H22F3N5O/c1-11(2)25-18-9-17-16(10-24-18)26-20(28(17)13-3-5-29-6-4-13)27-19-14(22)7-12(21)8-15(19)23/h7-11,13H,3-6H2,1-2H3,(H,24,25)(H,26,27). The van der Waals surface area contributed by atoms with Crippen LogP contribution in [-0.4, -0.2) is 33.8 Å². The molecule has 1 aliphatic rings. The van der Waals surface area contributed by atoms with Gasteiger partial charge in [0.2, 0.25) is 5.95 Å². The number of rotatable bonds is 5. The summed E-state index contributed by atoms with van der Waals surface area (Å²) < 4.78 is 49.1. The number of benzene rings is 1. The van der Waals surface area contributed by atoms with E-state index in [2.05, 4.69) is 20.6 Å². The van der Waals surface area contributed by atoms with Crippen molar-refractivity contribution in [2.75, 3.05) is 23.8 Å². The lowest BCUT2D eigenvalue weighted by molar-refractivity contribution is 0.0711. The minimum absolute atomic E-state index is 0.0390. The smallest absolute Gasteiger partial charge is 0.208 e. The lowest BCUT2D eigenvalue weighted by Gasteiger charge is -2.26. The number of imidazole rings is 1. The molecule has 6 nitrogen and oxygen atoms in total. The maximum Gasteiger partial charge on any atom is 0.208 e. The molecule has 9 heteroatoms. The number of halogens is 3. The monoisotopic (exact) mass is 405 g/mol.